The maximum atomic E-state index is 12.6. The van der Waals surface area contributed by atoms with Gasteiger partial charge < -0.3 is 5.32 Å². The van der Waals surface area contributed by atoms with Gasteiger partial charge in [-0.25, -0.2) is 0 Å². The quantitative estimate of drug-likeness (QED) is 0.875. The topological polar surface area (TPSA) is 12.0 Å². The van der Waals surface area contributed by atoms with Gasteiger partial charge in [-0.2, -0.15) is 13.2 Å². The first-order valence-corrected chi connectivity index (χ1v) is 6.92. The minimum Gasteiger partial charge on any atom is -0.310 e. The van der Waals surface area contributed by atoms with Gasteiger partial charge in [-0.15, -0.1) is 0 Å². The van der Waals surface area contributed by atoms with Crippen molar-refractivity contribution < 1.29 is 13.2 Å². The predicted octanol–water partition coefficient (Wildman–Crippen LogP) is 3.98. The number of benzene rings is 1. The highest BCUT2D eigenvalue weighted by Crippen LogP contribution is 2.44. The van der Waals surface area contributed by atoms with Crippen molar-refractivity contribution in [1.82, 2.24) is 5.32 Å². The van der Waals surface area contributed by atoms with Gasteiger partial charge >= 0.3 is 6.18 Å². The van der Waals surface area contributed by atoms with Crippen LogP contribution in [0.3, 0.4) is 0 Å². The van der Waals surface area contributed by atoms with Crippen LogP contribution in [-0.2, 0) is 12.7 Å². The molecule has 1 N–H and O–H groups in total. The number of hydrogen-bond donors (Lipinski definition) is 1. The highest BCUT2D eigenvalue weighted by atomic mass is 19.4. The Balaban J connectivity index is 1.61. The molecule has 0 saturated heterocycles. The summed E-state index contributed by atoms with van der Waals surface area (Å²) in [6, 6.07) is 6.13. The molecule has 1 nitrogen and oxygen atoms in total. The Labute approximate surface area is 111 Å². The molecule has 0 aliphatic heterocycles. The predicted molar refractivity (Wildman–Crippen MR) is 67.5 cm³/mol. The molecule has 1 aromatic rings. The van der Waals surface area contributed by atoms with Gasteiger partial charge in [0, 0.05) is 12.6 Å². The molecule has 2 aliphatic carbocycles. The van der Waals surface area contributed by atoms with Crippen molar-refractivity contribution in [2.24, 2.45) is 11.8 Å². The third-order valence-corrected chi connectivity index (χ3v) is 4.56. The lowest BCUT2D eigenvalue weighted by molar-refractivity contribution is -0.137. The molecule has 104 valence electrons. The van der Waals surface area contributed by atoms with Crippen LogP contribution in [0.15, 0.2) is 24.3 Å². The van der Waals surface area contributed by atoms with Crippen molar-refractivity contribution in [3.05, 3.63) is 35.4 Å². The smallest absolute Gasteiger partial charge is 0.310 e. The Kier molecular flexibility index (Phi) is 3.29. The number of nitrogens with one attached hydrogen (secondary N) is 1. The van der Waals surface area contributed by atoms with Gasteiger partial charge in [0.2, 0.25) is 0 Å². The van der Waals surface area contributed by atoms with Crippen LogP contribution >= 0.6 is 0 Å². The average Bonchev–Trinajstić information content (AvgIpc) is 2.98. The largest absolute Gasteiger partial charge is 0.416 e. The Morgan fingerprint density at radius 3 is 2.63 bits per heavy atom. The molecule has 19 heavy (non-hydrogen) atoms. The molecule has 2 fully saturated rings. The van der Waals surface area contributed by atoms with E-state index in [1.165, 1.54) is 37.8 Å². The summed E-state index contributed by atoms with van der Waals surface area (Å²) < 4.78 is 37.8. The normalized spacial score (nSPS) is 29.9. The molecular weight excluding hydrogens is 251 g/mol. The zero-order valence-corrected chi connectivity index (χ0v) is 10.7. The molecule has 0 radical (unpaired) electrons. The molecular formula is C15H18F3N. The van der Waals surface area contributed by atoms with E-state index in [1.54, 1.807) is 6.07 Å². The molecule has 1 aromatic carbocycles. The molecule has 0 heterocycles. The Hall–Kier alpha value is -1.03. The molecule has 4 heteroatoms. The molecule has 0 amide bonds. The Bertz CT molecular complexity index is 455. The third kappa shape index (κ3) is 2.78. The summed E-state index contributed by atoms with van der Waals surface area (Å²) in [5.74, 6) is 1.60. The summed E-state index contributed by atoms with van der Waals surface area (Å²) in [5, 5.41) is 3.44. The van der Waals surface area contributed by atoms with Crippen molar-refractivity contribution in [3.8, 4) is 0 Å². The summed E-state index contributed by atoms with van der Waals surface area (Å²) in [6.07, 6.45) is 0.879. The Morgan fingerprint density at radius 2 is 2.00 bits per heavy atom. The van der Waals surface area contributed by atoms with Crippen LogP contribution in [0.1, 0.15) is 36.8 Å². The summed E-state index contributed by atoms with van der Waals surface area (Å²) in [7, 11) is 0. The van der Waals surface area contributed by atoms with E-state index < -0.39 is 11.7 Å². The van der Waals surface area contributed by atoms with Crippen LogP contribution < -0.4 is 5.32 Å². The van der Waals surface area contributed by atoms with E-state index >= 15 is 0 Å². The van der Waals surface area contributed by atoms with Gasteiger partial charge in [0.05, 0.1) is 5.56 Å². The first-order valence-electron chi connectivity index (χ1n) is 6.92. The molecule has 2 bridgehead atoms. The standard InChI is InChI=1S/C15H18F3N/c16-15(17,18)13-3-1-2-11(7-13)9-19-14-8-10-4-5-12(14)6-10/h1-3,7,10,12,14,19H,4-6,8-9H2. The minimum atomic E-state index is -4.25. The van der Waals surface area contributed by atoms with Crippen LogP contribution in [0.2, 0.25) is 0 Å². The molecule has 3 unspecified atom stereocenters. The number of halogens is 3. The lowest BCUT2D eigenvalue weighted by Crippen LogP contribution is -2.33. The van der Waals surface area contributed by atoms with Crippen molar-refractivity contribution in [3.63, 3.8) is 0 Å². The van der Waals surface area contributed by atoms with E-state index in [0.29, 0.717) is 12.6 Å². The fourth-order valence-corrected chi connectivity index (χ4v) is 3.60. The molecule has 2 aliphatic rings. The van der Waals surface area contributed by atoms with Crippen LogP contribution in [0.4, 0.5) is 13.2 Å². The van der Waals surface area contributed by atoms with Crippen molar-refractivity contribution in [2.45, 2.75) is 44.4 Å². The molecule has 3 rings (SSSR count). The summed E-state index contributed by atoms with van der Waals surface area (Å²) in [4.78, 5) is 0. The van der Waals surface area contributed by atoms with Crippen molar-refractivity contribution in [2.75, 3.05) is 0 Å². The van der Waals surface area contributed by atoms with Crippen LogP contribution in [-0.4, -0.2) is 6.04 Å². The zero-order valence-electron chi connectivity index (χ0n) is 10.7. The highest BCUT2D eigenvalue weighted by Gasteiger charge is 2.39. The number of fused-ring (bicyclic) bond motifs is 2. The number of alkyl halides is 3. The van der Waals surface area contributed by atoms with E-state index in [9.17, 15) is 13.2 Å². The molecule has 0 spiro atoms. The SMILES string of the molecule is FC(F)(F)c1cccc(CNC2CC3CCC2C3)c1. The van der Waals surface area contributed by atoms with Crippen LogP contribution in [0.5, 0.6) is 0 Å². The number of rotatable bonds is 3. The highest BCUT2D eigenvalue weighted by molar-refractivity contribution is 5.25. The van der Waals surface area contributed by atoms with Gasteiger partial charge in [0.25, 0.3) is 0 Å². The molecule has 0 aromatic heterocycles. The second kappa shape index (κ2) is 4.82. The molecule has 3 atom stereocenters. The van der Waals surface area contributed by atoms with E-state index in [1.807, 2.05) is 0 Å². The van der Waals surface area contributed by atoms with E-state index in [-0.39, 0.29) is 0 Å². The fourth-order valence-electron chi connectivity index (χ4n) is 3.60. The second-order valence-electron chi connectivity index (χ2n) is 5.86. The first-order chi connectivity index (χ1) is 9.02. The zero-order chi connectivity index (χ0) is 13.5. The summed E-state index contributed by atoms with van der Waals surface area (Å²) in [6.45, 7) is 0.539. The van der Waals surface area contributed by atoms with Gasteiger partial charge in [-0.05, 0) is 42.7 Å². The third-order valence-electron chi connectivity index (χ3n) is 4.56. The molecule has 2 saturated carbocycles. The monoisotopic (exact) mass is 269 g/mol. The fraction of sp³-hybridized carbons (Fsp3) is 0.600. The maximum absolute atomic E-state index is 12.6. The van der Waals surface area contributed by atoms with E-state index in [2.05, 4.69) is 5.32 Å². The lowest BCUT2D eigenvalue weighted by Gasteiger charge is -2.23. The lowest BCUT2D eigenvalue weighted by atomic mass is 9.95. The summed E-state index contributed by atoms with van der Waals surface area (Å²) >= 11 is 0. The van der Waals surface area contributed by atoms with Gasteiger partial charge in [-0.1, -0.05) is 24.6 Å². The van der Waals surface area contributed by atoms with E-state index in [4.69, 9.17) is 0 Å². The minimum absolute atomic E-state index is 0.508. The van der Waals surface area contributed by atoms with Gasteiger partial charge in [-0.3, -0.25) is 0 Å². The second-order valence-corrected chi connectivity index (χ2v) is 5.86. The summed E-state index contributed by atoms with van der Waals surface area (Å²) in [5.41, 5.74) is 0.164. The number of hydrogen-bond acceptors (Lipinski definition) is 1. The average molecular weight is 269 g/mol. The Morgan fingerprint density at radius 1 is 1.16 bits per heavy atom. The first kappa shape index (κ1) is 13.0. The van der Waals surface area contributed by atoms with Crippen molar-refractivity contribution in [1.29, 1.82) is 0 Å². The maximum Gasteiger partial charge on any atom is 0.416 e. The van der Waals surface area contributed by atoms with Crippen LogP contribution in [0, 0.1) is 11.8 Å². The van der Waals surface area contributed by atoms with Crippen LogP contribution in [0.25, 0.3) is 0 Å². The van der Waals surface area contributed by atoms with E-state index in [0.717, 1.165) is 23.5 Å². The van der Waals surface area contributed by atoms with Crippen molar-refractivity contribution >= 4 is 0 Å². The van der Waals surface area contributed by atoms with Gasteiger partial charge in [0.15, 0.2) is 0 Å². The van der Waals surface area contributed by atoms with Gasteiger partial charge in [0.1, 0.15) is 0 Å².